The van der Waals surface area contributed by atoms with Crippen LogP contribution in [0.1, 0.15) is 41.6 Å². The Kier molecular flexibility index (Phi) is 5.25. The van der Waals surface area contributed by atoms with E-state index in [4.69, 9.17) is 9.26 Å². The molecule has 1 heterocycles. The Balaban J connectivity index is 1.62. The van der Waals surface area contributed by atoms with Crippen molar-refractivity contribution in [3.63, 3.8) is 0 Å². The fraction of sp³-hybridized carbons (Fsp3) is 0.211. The highest BCUT2D eigenvalue weighted by Gasteiger charge is 2.14. The molecule has 0 amide bonds. The number of esters is 1. The smallest absolute Gasteiger partial charge is 0.338 e. The van der Waals surface area contributed by atoms with Gasteiger partial charge < -0.3 is 9.26 Å². The summed E-state index contributed by atoms with van der Waals surface area (Å²) in [5.41, 5.74) is 2.11. The Morgan fingerprint density at radius 2 is 1.81 bits per heavy atom. The molecule has 0 atom stereocenters. The van der Waals surface area contributed by atoms with Crippen LogP contribution in [-0.4, -0.2) is 21.0 Å². The zero-order valence-corrected chi connectivity index (χ0v) is 14.8. The van der Waals surface area contributed by atoms with Crippen LogP contribution in [0.15, 0.2) is 53.1 Å². The quantitative estimate of drug-likeness (QED) is 0.366. The number of nitro groups is 1. The first-order valence-electron chi connectivity index (χ1n) is 8.28. The number of non-ortho nitro benzene ring substituents is 1. The fourth-order valence-electron chi connectivity index (χ4n) is 2.38. The molecule has 0 N–H and O–H groups in total. The van der Waals surface area contributed by atoms with E-state index in [2.05, 4.69) is 24.0 Å². The maximum Gasteiger partial charge on any atom is 0.338 e. The lowest BCUT2D eigenvalue weighted by molar-refractivity contribution is -0.384. The number of benzene rings is 2. The molecule has 27 heavy (non-hydrogen) atoms. The predicted molar refractivity (Wildman–Crippen MR) is 96.0 cm³/mol. The van der Waals surface area contributed by atoms with Crippen LogP contribution in [0.3, 0.4) is 0 Å². The van der Waals surface area contributed by atoms with Crippen molar-refractivity contribution >= 4 is 11.7 Å². The van der Waals surface area contributed by atoms with E-state index in [1.807, 2.05) is 24.3 Å². The highest BCUT2D eigenvalue weighted by molar-refractivity contribution is 5.89. The zero-order valence-electron chi connectivity index (χ0n) is 14.8. The lowest BCUT2D eigenvalue weighted by Crippen LogP contribution is -2.05. The lowest BCUT2D eigenvalue weighted by atomic mass is 10.0. The SMILES string of the molecule is CC(C)c1ccc(-c2noc(COC(=O)c3ccc([N+](=O)[O-])cc3)n2)cc1. The predicted octanol–water partition coefficient (Wildman–Crippen LogP) is 4.13. The van der Waals surface area contributed by atoms with Gasteiger partial charge >= 0.3 is 5.97 Å². The van der Waals surface area contributed by atoms with Crippen molar-refractivity contribution < 1.29 is 19.0 Å². The average Bonchev–Trinajstić information content (AvgIpc) is 3.15. The van der Waals surface area contributed by atoms with Crippen molar-refractivity contribution in [2.24, 2.45) is 0 Å². The summed E-state index contributed by atoms with van der Waals surface area (Å²) in [6, 6.07) is 13.0. The molecule has 3 rings (SSSR count). The summed E-state index contributed by atoms with van der Waals surface area (Å²) in [6.45, 7) is 4.04. The number of nitro benzene ring substituents is 1. The Morgan fingerprint density at radius 1 is 1.15 bits per heavy atom. The van der Waals surface area contributed by atoms with Crippen LogP contribution in [0, 0.1) is 10.1 Å². The van der Waals surface area contributed by atoms with Crippen LogP contribution in [0.2, 0.25) is 0 Å². The van der Waals surface area contributed by atoms with E-state index in [0.29, 0.717) is 11.7 Å². The molecule has 0 spiro atoms. The normalized spacial score (nSPS) is 10.8. The Hall–Kier alpha value is -3.55. The molecule has 0 unspecified atom stereocenters. The first-order chi connectivity index (χ1) is 12.9. The monoisotopic (exact) mass is 367 g/mol. The van der Waals surface area contributed by atoms with Gasteiger partial charge in [0.1, 0.15) is 0 Å². The Labute approximate surface area is 154 Å². The first-order valence-corrected chi connectivity index (χ1v) is 8.28. The molecule has 0 aliphatic carbocycles. The standard InChI is InChI=1S/C19H17N3O5/c1-12(2)13-3-5-14(6-4-13)18-20-17(27-21-18)11-26-19(23)15-7-9-16(10-8-15)22(24)25/h3-10,12H,11H2,1-2H3. The van der Waals surface area contributed by atoms with Crippen molar-refractivity contribution in [3.8, 4) is 11.4 Å². The molecule has 0 saturated heterocycles. The summed E-state index contributed by atoms with van der Waals surface area (Å²) in [5, 5.41) is 14.5. The van der Waals surface area contributed by atoms with Gasteiger partial charge in [0, 0.05) is 17.7 Å². The number of hydrogen-bond acceptors (Lipinski definition) is 7. The second-order valence-electron chi connectivity index (χ2n) is 6.17. The first kappa shape index (κ1) is 18.2. The fourth-order valence-corrected chi connectivity index (χ4v) is 2.38. The second-order valence-corrected chi connectivity index (χ2v) is 6.17. The molecular formula is C19H17N3O5. The second kappa shape index (κ2) is 7.77. The van der Waals surface area contributed by atoms with E-state index < -0.39 is 10.9 Å². The molecule has 0 aliphatic heterocycles. The molecular weight excluding hydrogens is 350 g/mol. The summed E-state index contributed by atoms with van der Waals surface area (Å²) >= 11 is 0. The van der Waals surface area contributed by atoms with Crippen LogP contribution < -0.4 is 0 Å². The Bertz CT molecular complexity index is 946. The minimum Gasteiger partial charge on any atom is -0.452 e. The molecule has 0 fully saturated rings. The van der Waals surface area contributed by atoms with E-state index >= 15 is 0 Å². The third-order valence-corrected chi connectivity index (χ3v) is 3.94. The van der Waals surface area contributed by atoms with Gasteiger partial charge in [-0.05, 0) is 23.6 Å². The highest BCUT2D eigenvalue weighted by atomic mass is 16.6. The molecule has 0 saturated carbocycles. The number of aromatic nitrogens is 2. The maximum atomic E-state index is 12.0. The van der Waals surface area contributed by atoms with Crippen molar-refractivity contribution in [1.82, 2.24) is 10.1 Å². The van der Waals surface area contributed by atoms with Crippen molar-refractivity contribution in [2.75, 3.05) is 0 Å². The van der Waals surface area contributed by atoms with Gasteiger partial charge in [0.25, 0.3) is 11.6 Å². The maximum absolute atomic E-state index is 12.0. The number of hydrogen-bond donors (Lipinski definition) is 0. The van der Waals surface area contributed by atoms with Crippen LogP contribution in [-0.2, 0) is 11.3 Å². The van der Waals surface area contributed by atoms with Gasteiger partial charge in [-0.25, -0.2) is 4.79 Å². The number of carbonyl (C=O) groups is 1. The Morgan fingerprint density at radius 3 is 2.41 bits per heavy atom. The number of carbonyl (C=O) groups excluding carboxylic acids is 1. The molecule has 8 heteroatoms. The van der Waals surface area contributed by atoms with E-state index in [0.717, 1.165) is 5.56 Å². The molecule has 2 aromatic carbocycles. The molecule has 1 aromatic heterocycles. The largest absolute Gasteiger partial charge is 0.452 e. The van der Waals surface area contributed by atoms with E-state index in [1.54, 1.807) is 0 Å². The molecule has 138 valence electrons. The third kappa shape index (κ3) is 4.35. The summed E-state index contributed by atoms with van der Waals surface area (Å²) in [6.07, 6.45) is 0. The van der Waals surface area contributed by atoms with Crippen LogP contribution in [0.25, 0.3) is 11.4 Å². The molecule has 0 radical (unpaired) electrons. The topological polar surface area (TPSA) is 108 Å². The van der Waals surface area contributed by atoms with Gasteiger partial charge in [0.15, 0.2) is 6.61 Å². The molecule has 3 aromatic rings. The molecule has 0 bridgehead atoms. The third-order valence-electron chi connectivity index (χ3n) is 3.94. The average molecular weight is 367 g/mol. The van der Waals surface area contributed by atoms with Crippen LogP contribution in [0.5, 0.6) is 0 Å². The minimum absolute atomic E-state index is 0.100. The van der Waals surface area contributed by atoms with E-state index in [1.165, 1.54) is 29.8 Å². The lowest BCUT2D eigenvalue weighted by Gasteiger charge is -2.04. The summed E-state index contributed by atoms with van der Waals surface area (Å²) in [4.78, 5) is 26.3. The van der Waals surface area contributed by atoms with Crippen molar-refractivity contribution in [2.45, 2.75) is 26.4 Å². The van der Waals surface area contributed by atoms with Gasteiger partial charge in [0.2, 0.25) is 5.82 Å². The summed E-state index contributed by atoms with van der Waals surface area (Å²) < 4.78 is 10.2. The molecule has 8 nitrogen and oxygen atoms in total. The molecule has 0 aliphatic rings. The van der Waals surface area contributed by atoms with Crippen molar-refractivity contribution in [1.29, 1.82) is 0 Å². The number of nitrogens with zero attached hydrogens (tertiary/aromatic N) is 3. The summed E-state index contributed by atoms with van der Waals surface area (Å²) in [7, 11) is 0. The van der Waals surface area contributed by atoms with Gasteiger partial charge in [0.05, 0.1) is 10.5 Å². The summed E-state index contributed by atoms with van der Waals surface area (Å²) in [5.74, 6) is 0.365. The minimum atomic E-state index is -0.633. The number of rotatable bonds is 6. The van der Waals surface area contributed by atoms with Gasteiger partial charge in [-0.15, -0.1) is 0 Å². The van der Waals surface area contributed by atoms with Crippen LogP contribution in [0.4, 0.5) is 5.69 Å². The van der Waals surface area contributed by atoms with Gasteiger partial charge in [-0.2, -0.15) is 4.98 Å². The van der Waals surface area contributed by atoms with E-state index in [9.17, 15) is 14.9 Å². The van der Waals surface area contributed by atoms with E-state index in [-0.39, 0.29) is 23.7 Å². The van der Waals surface area contributed by atoms with Gasteiger partial charge in [-0.1, -0.05) is 43.3 Å². The number of ether oxygens (including phenoxy) is 1. The van der Waals surface area contributed by atoms with Crippen LogP contribution >= 0.6 is 0 Å². The zero-order chi connectivity index (χ0) is 19.4. The van der Waals surface area contributed by atoms with Gasteiger partial charge in [-0.3, -0.25) is 10.1 Å². The highest BCUT2D eigenvalue weighted by Crippen LogP contribution is 2.21. The van der Waals surface area contributed by atoms with Crippen molar-refractivity contribution in [3.05, 3.63) is 75.7 Å².